The van der Waals surface area contributed by atoms with Gasteiger partial charge in [-0.2, -0.15) is 0 Å². The molecular formula is C11H12Cl2O4. The van der Waals surface area contributed by atoms with Crippen LogP contribution in [0.25, 0.3) is 0 Å². The molecule has 0 heterocycles. The molecule has 4 nitrogen and oxygen atoms in total. The van der Waals surface area contributed by atoms with Crippen LogP contribution in [0.1, 0.15) is 6.92 Å². The smallest absolute Gasteiger partial charge is 0.344 e. The third-order valence-corrected chi connectivity index (χ3v) is 2.26. The Bertz CT molecular complexity index is 393. The molecule has 0 radical (unpaired) electrons. The van der Waals surface area contributed by atoms with Crippen LogP contribution in [0.5, 0.6) is 5.75 Å². The SMILES string of the molecule is CC(O)COC(=O)COc1ccc(Cl)cc1Cl. The molecule has 1 aromatic rings. The molecule has 17 heavy (non-hydrogen) atoms. The largest absolute Gasteiger partial charge is 0.480 e. The Kier molecular flexibility index (Phi) is 5.55. The number of carbonyl (C=O) groups is 1. The highest BCUT2D eigenvalue weighted by molar-refractivity contribution is 6.35. The molecule has 6 heteroatoms. The van der Waals surface area contributed by atoms with Gasteiger partial charge in [-0.15, -0.1) is 0 Å². The lowest BCUT2D eigenvalue weighted by molar-refractivity contribution is -0.148. The van der Waals surface area contributed by atoms with E-state index in [1.165, 1.54) is 13.0 Å². The number of hydrogen-bond donors (Lipinski definition) is 1. The van der Waals surface area contributed by atoms with Gasteiger partial charge in [-0.05, 0) is 25.1 Å². The number of ether oxygens (including phenoxy) is 2. The fraction of sp³-hybridized carbons (Fsp3) is 0.364. The molecule has 0 amide bonds. The molecule has 0 aliphatic rings. The lowest BCUT2D eigenvalue weighted by Gasteiger charge is -2.09. The first kappa shape index (κ1) is 14.1. The Morgan fingerprint density at radius 1 is 1.47 bits per heavy atom. The predicted octanol–water partition coefficient (Wildman–Crippen LogP) is 2.30. The maximum Gasteiger partial charge on any atom is 0.344 e. The molecule has 0 aliphatic carbocycles. The van der Waals surface area contributed by atoms with Crippen molar-refractivity contribution in [2.75, 3.05) is 13.2 Å². The molecule has 1 aromatic carbocycles. The second-order valence-electron chi connectivity index (χ2n) is 3.40. The van der Waals surface area contributed by atoms with E-state index in [4.69, 9.17) is 37.8 Å². The molecular weight excluding hydrogens is 267 g/mol. The highest BCUT2D eigenvalue weighted by Crippen LogP contribution is 2.27. The minimum Gasteiger partial charge on any atom is -0.480 e. The zero-order valence-electron chi connectivity index (χ0n) is 9.15. The number of aliphatic hydroxyl groups is 1. The maximum absolute atomic E-state index is 11.2. The average Bonchev–Trinajstić information content (AvgIpc) is 2.25. The maximum atomic E-state index is 11.2. The van der Waals surface area contributed by atoms with Crippen LogP contribution in [0.15, 0.2) is 18.2 Å². The monoisotopic (exact) mass is 278 g/mol. The molecule has 0 spiro atoms. The van der Waals surface area contributed by atoms with Crippen LogP contribution >= 0.6 is 23.2 Å². The summed E-state index contributed by atoms with van der Waals surface area (Å²) in [6, 6.07) is 4.68. The molecule has 1 rings (SSSR count). The summed E-state index contributed by atoms with van der Waals surface area (Å²) in [6.45, 7) is 1.19. The summed E-state index contributed by atoms with van der Waals surface area (Å²) in [4.78, 5) is 11.2. The first-order valence-corrected chi connectivity index (χ1v) is 5.66. The van der Waals surface area contributed by atoms with E-state index in [1.54, 1.807) is 12.1 Å². The van der Waals surface area contributed by atoms with Gasteiger partial charge in [0.05, 0.1) is 11.1 Å². The topological polar surface area (TPSA) is 55.8 Å². The Hall–Kier alpha value is -0.970. The van der Waals surface area contributed by atoms with E-state index in [0.29, 0.717) is 15.8 Å². The summed E-state index contributed by atoms with van der Waals surface area (Å²) in [6.07, 6.45) is -0.696. The molecule has 0 saturated carbocycles. The molecule has 0 saturated heterocycles. The van der Waals surface area contributed by atoms with E-state index in [9.17, 15) is 4.79 Å². The first-order valence-electron chi connectivity index (χ1n) is 4.90. The molecule has 0 aliphatic heterocycles. The van der Waals surface area contributed by atoms with Crippen molar-refractivity contribution in [1.82, 2.24) is 0 Å². The zero-order valence-corrected chi connectivity index (χ0v) is 10.7. The highest BCUT2D eigenvalue weighted by atomic mass is 35.5. The van der Waals surface area contributed by atoms with E-state index in [0.717, 1.165) is 0 Å². The van der Waals surface area contributed by atoms with Crippen LogP contribution in [0, 0.1) is 0 Å². The number of rotatable bonds is 5. The van der Waals surface area contributed by atoms with Gasteiger partial charge in [-0.25, -0.2) is 4.79 Å². The van der Waals surface area contributed by atoms with E-state index in [1.807, 2.05) is 0 Å². The van der Waals surface area contributed by atoms with Crippen LogP contribution in [-0.4, -0.2) is 30.4 Å². The van der Waals surface area contributed by atoms with Crippen molar-refractivity contribution in [2.45, 2.75) is 13.0 Å². The van der Waals surface area contributed by atoms with Gasteiger partial charge in [0, 0.05) is 5.02 Å². The number of hydrogen-bond acceptors (Lipinski definition) is 4. The standard InChI is InChI=1S/C11H12Cl2O4/c1-7(14)5-17-11(15)6-16-10-3-2-8(12)4-9(10)13/h2-4,7,14H,5-6H2,1H3. The van der Waals surface area contributed by atoms with Crippen LogP contribution in [-0.2, 0) is 9.53 Å². The van der Waals surface area contributed by atoms with Crippen molar-refractivity contribution < 1.29 is 19.4 Å². The van der Waals surface area contributed by atoms with E-state index in [2.05, 4.69) is 0 Å². The molecule has 94 valence electrons. The third-order valence-electron chi connectivity index (χ3n) is 1.72. The zero-order chi connectivity index (χ0) is 12.8. The molecule has 1 unspecified atom stereocenters. The summed E-state index contributed by atoms with van der Waals surface area (Å²) in [7, 11) is 0. The van der Waals surface area contributed by atoms with Gasteiger partial charge in [0.15, 0.2) is 6.61 Å². The minimum atomic E-state index is -0.696. The third kappa shape index (κ3) is 5.26. The summed E-state index contributed by atoms with van der Waals surface area (Å²) in [5, 5.41) is 9.71. The fourth-order valence-corrected chi connectivity index (χ4v) is 1.45. The molecule has 0 bridgehead atoms. The Morgan fingerprint density at radius 2 is 2.18 bits per heavy atom. The number of halogens is 2. The van der Waals surface area contributed by atoms with E-state index >= 15 is 0 Å². The van der Waals surface area contributed by atoms with Crippen LogP contribution < -0.4 is 4.74 Å². The lowest BCUT2D eigenvalue weighted by atomic mass is 10.3. The van der Waals surface area contributed by atoms with Crippen LogP contribution in [0.2, 0.25) is 10.0 Å². The van der Waals surface area contributed by atoms with Gasteiger partial charge in [0.1, 0.15) is 12.4 Å². The van der Waals surface area contributed by atoms with Gasteiger partial charge < -0.3 is 14.6 Å². The summed E-state index contributed by atoms with van der Waals surface area (Å²) in [5.74, 6) is -0.220. The summed E-state index contributed by atoms with van der Waals surface area (Å²) in [5.41, 5.74) is 0. The second-order valence-corrected chi connectivity index (χ2v) is 4.24. The fourth-order valence-electron chi connectivity index (χ4n) is 0.984. The first-order chi connectivity index (χ1) is 7.99. The van der Waals surface area contributed by atoms with E-state index < -0.39 is 12.1 Å². The lowest BCUT2D eigenvalue weighted by Crippen LogP contribution is -2.20. The van der Waals surface area contributed by atoms with Crippen molar-refractivity contribution in [3.05, 3.63) is 28.2 Å². The van der Waals surface area contributed by atoms with Crippen molar-refractivity contribution in [2.24, 2.45) is 0 Å². The predicted molar refractivity (Wildman–Crippen MR) is 64.6 cm³/mol. The second kappa shape index (κ2) is 6.69. The Morgan fingerprint density at radius 3 is 2.76 bits per heavy atom. The van der Waals surface area contributed by atoms with Crippen LogP contribution in [0.3, 0.4) is 0 Å². The summed E-state index contributed by atoms with van der Waals surface area (Å²) < 4.78 is 9.84. The minimum absolute atomic E-state index is 0.0590. The number of esters is 1. The van der Waals surface area contributed by atoms with Gasteiger partial charge in [0.2, 0.25) is 0 Å². The van der Waals surface area contributed by atoms with Gasteiger partial charge >= 0.3 is 5.97 Å². The Balaban J connectivity index is 2.42. The van der Waals surface area contributed by atoms with Gasteiger partial charge in [0.25, 0.3) is 0 Å². The van der Waals surface area contributed by atoms with Gasteiger partial charge in [-0.1, -0.05) is 23.2 Å². The average molecular weight is 279 g/mol. The van der Waals surface area contributed by atoms with Crippen molar-refractivity contribution in [1.29, 1.82) is 0 Å². The van der Waals surface area contributed by atoms with Crippen molar-refractivity contribution in [3.63, 3.8) is 0 Å². The molecule has 0 fully saturated rings. The summed E-state index contributed by atoms with van der Waals surface area (Å²) >= 11 is 11.5. The van der Waals surface area contributed by atoms with Crippen molar-refractivity contribution in [3.8, 4) is 5.75 Å². The highest BCUT2D eigenvalue weighted by Gasteiger charge is 2.08. The molecule has 0 aromatic heterocycles. The normalized spacial score (nSPS) is 12.0. The van der Waals surface area contributed by atoms with Crippen molar-refractivity contribution >= 4 is 29.2 Å². The molecule has 1 atom stereocenters. The van der Waals surface area contributed by atoms with E-state index in [-0.39, 0.29) is 13.2 Å². The number of benzene rings is 1. The number of aliphatic hydroxyl groups excluding tert-OH is 1. The van der Waals surface area contributed by atoms with Crippen LogP contribution in [0.4, 0.5) is 0 Å². The van der Waals surface area contributed by atoms with Gasteiger partial charge in [-0.3, -0.25) is 0 Å². The quantitative estimate of drug-likeness (QED) is 0.840. The number of carbonyl (C=O) groups excluding carboxylic acids is 1. The Labute approximate surface area is 109 Å². The molecule has 1 N–H and O–H groups in total.